The molecule has 0 bridgehead atoms. The summed E-state index contributed by atoms with van der Waals surface area (Å²) in [6.07, 6.45) is -3.33. The third kappa shape index (κ3) is 2.91. The molecular formula is C14H16F4O. The van der Waals surface area contributed by atoms with Gasteiger partial charge in [0.15, 0.2) is 5.60 Å². The predicted octanol–water partition coefficient (Wildman–Crippen LogP) is 3.85. The van der Waals surface area contributed by atoms with Gasteiger partial charge in [0, 0.05) is 5.92 Å². The molecule has 0 radical (unpaired) electrons. The molecule has 1 N–H and O–H groups in total. The van der Waals surface area contributed by atoms with E-state index in [1.165, 1.54) is 24.3 Å². The molecule has 106 valence electrons. The molecule has 0 amide bonds. The lowest BCUT2D eigenvalue weighted by atomic mass is 9.72. The monoisotopic (exact) mass is 276 g/mol. The highest BCUT2D eigenvalue weighted by atomic mass is 19.4. The summed E-state index contributed by atoms with van der Waals surface area (Å²) in [5.74, 6) is -1.27. The Balaban J connectivity index is 2.19. The maximum absolute atomic E-state index is 13.0. The highest BCUT2D eigenvalue weighted by molar-refractivity contribution is 5.18. The van der Waals surface area contributed by atoms with Gasteiger partial charge < -0.3 is 5.11 Å². The van der Waals surface area contributed by atoms with Gasteiger partial charge in [-0.25, -0.2) is 4.39 Å². The van der Waals surface area contributed by atoms with Crippen molar-refractivity contribution in [3.8, 4) is 0 Å². The van der Waals surface area contributed by atoms with Crippen molar-refractivity contribution in [3.63, 3.8) is 0 Å². The third-order valence-electron chi connectivity index (χ3n) is 3.92. The second-order valence-electron chi connectivity index (χ2n) is 5.20. The molecule has 1 aromatic rings. The molecule has 1 aliphatic carbocycles. The summed E-state index contributed by atoms with van der Waals surface area (Å²) in [7, 11) is 0. The van der Waals surface area contributed by atoms with E-state index in [1.54, 1.807) is 0 Å². The van der Waals surface area contributed by atoms with Crippen LogP contribution in [-0.2, 0) is 6.42 Å². The second-order valence-corrected chi connectivity index (χ2v) is 5.20. The van der Waals surface area contributed by atoms with E-state index in [9.17, 15) is 22.7 Å². The Bertz CT molecular complexity index is 426. The van der Waals surface area contributed by atoms with Gasteiger partial charge in [-0.15, -0.1) is 0 Å². The Kier molecular flexibility index (Phi) is 3.85. The maximum Gasteiger partial charge on any atom is 0.417 e. The summed E-state index contributed by atoms with van der Waals surface area (Å²) in [6.45, 7) is 0. The van der Waals surface area contributed by atoms with Crippen LogP contribution in [0.15, 0.2) is 24.3 Å². The first-order valence-electron chi connectivity index (χ1n) is 6.36. The highest BCUT2D eigenvalue weighted by Crippen LogP contribution is 2.46. The molecule has 2 atom stereocenters. The Hall–Kier alpha value is -1.10. The molecule has 0 heterocycles. The first kappa shape index (κ1) is 14.3. The van der Waals surface area contributed by atoms with E-state index in [1.807, 2.05) is 0 Å². The van der Waals surface area contributed by atoms with E-state index in [2.05, 4.69) is 0 Å². The molecule has 0 saturated heterocycles. The Morgan fingerprint density at radius 1 is 1.16 bits per heavy atom. The lowest BCUT2D eigenvalue weighted by molar-refractivity contribution is -0.288. The highest BCUT2D eigenvalue weighted by Gasteiger charge is 2.58. The van der Waals surface area contributed by atoms with Crippen LogP contribution in [0, 0.1) is 11.7 Å². The fraction of sp³-hybridized carbons (Fsp3) is 0.571. The largest absolute Gasteiger partial charge is 0.417 e. The van der Waals surface area contributed by atoms with Gasteiger partial charge >= 0.3 is 6.18 Å². The summed E-state index contributed by atoms with van der Waals surface area (Å²) in [6, 6.07) is 5.40. The third-order valence-corrected chi connectivity index (χ3v) is 3.92. The number of hydrogen-bond acceptors (Lipinski definition) is 1. The van der Waals surface area contributed by atoms with Crippen molar-refractivity contribution in [3.05, 3.63) is 35.6 Å². The van der Waals surface area contributed by atoms with Crippen LogP contribution in [0.1, 0.15) is 31.2 Å². The van der Waals surface area contributed by atoms with Crippen molar-refractivity contribution in [2.75, 3.05) is 0 Å². The molecule has 1 fully saturated rings. The Morgan fingerprint density at radius 3 is 2.37 bits per heavy atom. The van der Waals surface area contributed by atoms with Crippen LogP contribution in [0.3, 0.4) is 0 Å². The van der Waals surface area contributed by atoms with Gasteiger partial charge in [0.25, 0.3) is 0 Å². The first-order chi connectivity index (χ1) is 8.83. The van der Waals surface area contributed by atoms with Gasteiger partial charge in [-0.1, -0.05) is 25.0 Å². The Labute approximate surface area is 109 Å². The number of hydrogen-bond donors (Lipinski definition) is 1. The van der Waals surface area contributed by atoms with Crippen LogP contribution in [-0.4, -0.2) is 16.9 Å². The minimum absolute atomic E-state index is 0.121. The molecule has 1 saturated carbocycles. The molecule has 0 aromatic heterocycles. The van der Waals surface area contributed by atoms with Gasteiger partial charge in [-0.2, -0.15) is 13.2 Å². The van der Waals surface area contributed by atoms with Crippen LogP contribution < -0.4 is 0 Å². The predicted molar refractivity (Wildman–Crippen MR) is 63.1 cm³/mol. The van der Waals surface area contributed by atoms with E-state index in [0.29, 0.717) is 24.8 Å². The zero-order chi connectivity index (χ0) is 14.1. The minimum Gasteiger partial charge on any atom is -0.380 e. The smallest absolute Gasteiger partial charge is 0.380 e. The van der Waals surface area contributed by atoms with Gasteiger partial charge in [-0.3, -0.25) is 0 Å². The maximum atomic E-state index is 13.0. The summed E-state index contributed by atoms with van der Waals surface area (Å²) >= 11 is 0. The average Bonchev–Trinajstić information content (AvgIpc) is 2.33. The summed E-state index contributed by atoms with van der Waals surface area (Å²) in [5.41, 5.74) is -1.99. The molecule has 1 aromatic carbocycles. The molecule has 0 spiro atoms. The van der Waals surface area contributed by atoms with Crippen molar-refractivity contribution in [1.29, 1.82) is 0 Å². The number of alkyl halides is 3. The minimum atomic E-state index is -4.61. The van der Waals surface area contributed by atoms with Crippen LogP contribution >= 0.6 is 0 Å². The number of rotatable bonds is 2. The standard InChI is InChI=1S/C14H16F4O/c15-12-6-4-10(5-7-12)9-11-3-1-2-8-13(11,19)14(16,17)18/h4-7,11,19H,1-3,8-9H2/t11-,13+/m1/s1. The number of halogens is 4. The lowest BCUT2D eigenvalue weighted by Crippen LogP contribution is -2.53. The zero-order valence-electron chi connectivity index (χ0n) is 10.4. The fourth-order valence-electron chi connectivity index (χ4n) is 2.78. The van der Waals surface area contributed by atoms with Crippen LogP contribution in [0.4, 0.5) is 17.6 Å². The van der Waals surface area contributed by atoms with Crippen molar-refractivity contribution in [2.24, 2.45) is 5.92 Å². The lowest BCUT2D eigenvalue weighted by Gasteiger charge is -2.41. The number of benzene rings is 1. The van der Waals surface area contributed by atoms with E-state index in [-0.39, 0.29) is 12.8 Å². The SMILES string of the molecule is O[C@@]1(C(F)(F)F)CCCC[C@@H]1Cc1ccc(F)cc1. The van der Waals surface area contributed by atoms with E-state index >= 15 is 0 Å². The van der Waals surface area contributed by atoms with E-state index < -0.39 is 23.5 Å². The molecule has 19 heavy (non-hydrogen) atoms. The molecule has 1 nitrogen and oxygen atoms in total. The first-order valence-corrected chi connectivity index (χ1v) is 6.36. The molecule has 0 unspecified atom stereocenters. The summed E-state index contributed by atoms with van der Waals surface area (Å²) in [4.78, 5) is 0. The van der Waals surface area contributed by atoms with Crippen molar-refractivity contribution in [2.45, 2.75) is 43.9 Å². The molecular weight excluding hydrogens is 260 g/mol. The molecule has 1 aliphatic rings. The topological polar surface area (TPSA) is 20.2 Å². The average molecular weight is 276 g/mol. The van der Waals surface area contributed by atoms with E-state index in [0.717, 1.165) is 0 Å². The quantitative estimate of drug-likeness (QED) is 0.813. The van der Waals surface area contributed by atoms with Gasteiger partial charge in [0.1, 0.15) is 5.82 Å². The molecule has 5 heteroatoms. The summed E-state index contributed by atoms with van der Waals surface area (Å²) < 4.78 is 51.9. The molecule has 2 rings (SSSR count). The van der Waals surface area contributed by atoms with Crippen molar-refractivity contribution < 1.29 is 22.7 Å². The van der Waals surface area contributed by atoms with Crippen molar-refractivity contribution >= 4 is 0 Å². The van der Waals surface area contributed by atoms with E-state index in [4.69, 9.17) is 0 Å². The van der Waals surface area contributed by atoms with Crippen LogP contribution in [0.25, 0.3) is 0 Å². The van der Waals surface area contributed by atoms with Crippen LogP contribution in [0.5, 0.6) is 0 Å². The van der Waals surface area contributed by atoms with Gasteiger partial charge in [0.05, 0.1) is 0 Å². The van der Waals surface area contributed by atoms with Gasteiger partial charge in [0.2, 0.25) is 0 Å². The summed E-state index contributed by atoms with van der Waals surface area (Å²) in [5, 5.41) is 9.98. The van der Waals surface area contributed by atoms with Gasteiger partial charge in [-0.05, 0) is 37.0 Å². The Morgan fingerprint density at radius 2 is 1.79 bits per heavy atom. The second kappa shape index (κ2) is 5.12. The fourth-order valence-corrected chi connectivity index (χ4v) is 2.78. The normalized spacial score (nSPS) is 28.4. The van der Waals surface area contributed by atoms with Crippen molar-refractivity contribution in [1.82, 2.24) is 0 Å². The zero-order valence-corrected chi connectivity index (χ0v) is 10.4. The molecule has 0 aliphatic heterocycles. The van der Waals surface area contributed by atoms with Crippen LogP contribution in [0.2, 0.25) is 0 Å². The number of aliphatic hydroxyl groups is 1.